The van der Waals surface area contributed by atoms with E-state index in [0.717, 1.165) is 19.3 Å². The summed E-state index contributed by atoms with van der Waals surface area (Å²) in [6, 6.07) is 9.97. The van der Waals surface area contributed by atoms with Crippen LogP contribution in [-0.2, 0) is 9.53 Å². The number of benzene rings is 1. The van der Waals surface area contributed by atoms with Gasteiger partial charge in [0.1, 0.15) is 6.04 Å². The number of hydrogen-bond acceptors (Lipinski definition) is 3. The molecule has 3 N–H and O–H groups in total. The summed E-state index contributed by atoms with van der Waals surface area (Å²) >= 11 is 0. The first kappa shape index (κ1) is 14.0. The van der Waals surface area contributed by atoms with Crippen LogP contribution in [0.1, 0.15) is 30.7 Å². The smallest absolute Gasteiger partial charge is 0.239 e. The number of rotatable bonds is 5. The fourth-order valence-corrected chi connectivity index (χ4v) is 2.78. The molecule has 1 fully saturated rings. The molecular weight excluding hydrogens is 240 g/mol. The van der Waals surface area contributed by atoms with E-state index in [9.17, 15) is 4.79 Å². The molecule has 0 radical (unpaired) electrons. The Morgan fingerprint density at radius 2 is 2.16 bits per heavy atom. The van der Waals surface area contributed by atoms with Crippen LogP contribution in [0.2, 0.25) is 0 Å². The molecule has 2 rings (SSSR count). The fourth-order valence-electron chi connectivity index (χ4n) is 2.78. The molecule has 1 saturated carbocycles. The van der Waals surface area contributed by atoms with E-state index in [1.807, 2.05) is 18.2 Å². The van der Waals surface area contributed by atoms with Crippen LogP contribution in [0, 0.1) is 0 Å². The summed E-state index contributed by atoms with van der Waals surface area (Å²) in [6.45, 7) is 0.258. The first-order valence-electron chi connectivity index (χ1n) is 6.82. The maximum Gasteiger partial charge on any atom is 0.239 e. The minimum Gasteiger partial charge on any atom is -0.383 e. The minimum atomic E-state index is -0.581. The first-order valence-corrected chi connectivity index (χ1v) is 6.82. The molecule has 3 unspecified atom stereocenters. The number of methoxy groups -OCH3 is 1. The van der Waals surface area contributed by atoms with Gasteiger partial charge in [0.05, 0.1) is 6.61 Å². The summed E-state index contributed by atoms with van der Waals surface area (Å²) in [5, 5.41) is 3.07. The Kier molecular flexibility index (Phi) is 4.93. The molecule has 4 heteroatoms. The molecule has 0 aliphatic heterocycles. The van der Waals surface area contributed by atoms with Crippen molar-refractivity contribution >= 4 is 5.91 Å². The van der Waals surface area contributed by atoms with Crippen molar-refractivity contribution in [3.8, 4) is 0 Å². The van der Waals surface area contributed by atoms with E-state index >= 15 is 0 Å². The van der Waals surface area contributed by atoms with Gasteiger partial charge in [0.25, 0.3) is 0 Å². The van der Waals surface area contributed by atoms with Crippen LogP contribution < -0.4 is 11.1 Å². The van der Waals surface area contributed by atoms with Crippen LogP contribution in [0.4, 0.5) is 0 Å². The summed E-state index contributed by atoms with van der Waals surface area (Å²) in [6.07, 6.45) is 3.28. The van der Waals surface area contributed by atoms with Gasteiger partial charge in [-0.2, -0.15) is 0 Å². The number of carbonyl (C=O) groups is 1. The zero-order valence-corrected chi connectivity index (χ0v) is 11.3. The SMILES string of the molecule is COCC(N)C(=O)NC1CCCC1c1ccccc1. The van der Waals surface area contributed by atoms with Gasteiger partial charge in [0.15, 0.2) is 0 Å². The Balaban J connectivity index is 1.98. The number of nitrogens with two attached hydrogens (primary N) is 1. The van der Waals surface area contributed by atoms with Crippen LogP contribution in [0.5, 0.6) is 0 Å². The van der Waals surface area contributed by atoms with Gasteiger partial charge in [-0.15, -0.1) is 0 Å². The lowest BCUT2D eigenvalue weighted by molar-refractivity contribution is -0.124. The van der Waals surface area contributed by atoms with Crippen molar-refractivity contribution in [2.24, 2.45) is 5.73 Å². The van der Waals surface area contributed by atoms with E-state index in [1.165, 1.54) is 5.56 Å². The van der Waals surface area contributed by atoms with Gasteiger partial charge in [0.2, 0.25) is 5.91 Å². The lowest BCUT2D eigenvalue weighted by Gasteiger charge is -2.23. The third-order valence-corrected chi connectivity index (χ3v) is 3.75. The average molecular weight is 262 g/mol. The Hall–Kier alpha value is -1.39. The van der Waals surface area contributed by atoms with Crippen LogP contribution in [-0.4, -0.2) is 31.7 Å². The quantitative estimate of drug-likeness (QED) is 0.843. The molecule has 1 aromatic rings. The maximum absolute atomic E-state index is 11.9. The highest BCUT2D eigenvalue weighted by atomic mass is 16.5. The molecule has 1 aliphatic carbocycles. The molecule has 0 heterocycles. The predicted molar refractivity (Wildman–Crippen MR) is 74.8 cm³/mol. The number of ether oxygens (including phenoxy) is 1. The predicted octanol–water partition coefficient (Wildman–Crippen LogP) is 1.41. The summed E-state index contributed by atoms with van der Waals surface area (Å²) < 4.78 is 4.91. The normalized spacial score (nSPS) is 24.1. The molecule has 1 aromatic carbocycles. The zero-order valence-electron chi connectivity index (χ0n) is 11.3. The van der Waals surface area contributed by atoms with Crippen LogP contribution in [0.3, 0.4) is 0 Å². The van der Waals surface area contributed by atoms with Crippen LogP contribution >= 0.6 is 0 Å². The van der Waals surface area contributed by atoms with Crippen LogP contribution in [0.25, 0.3) is 0 Å². The van der Waals surface area contributed by atoms with E-state index in [0.29, 0.717) is 5.92 Å². The summed E-state index contributed by atoms with van der Waals surface area (Å²) in [5.41, 5.74) is 7.05. The van der Waals surface area contributed by atoms with Gasteiger partial charge in [-0.3, -0.25) is 4.79 Å². The highest BCUT2D eigenvalue weighted by Crippen LogP contribution is 2.34. The Morgan fingerprint density at radius 3 is 2.84 bits per heavy atom. The second-order valence-electron chi connectivity index (χ2n) is 5.12. The summed E-state index contributed by atoms with van der Waals surface area (Å²) in [7, 11) is 1.55. The van der Waals surface area contributed by atoms with Gasteiger partial charge in [-0.05, 0) is 18.4 Å². The number of hydrogen-bond donors (Lipinski definition) is 2. The zero-order chi connectivity index (χ0) is 13.7. The van der Waals surface area contributed by atoms with Gasteiger partial charge < -0.3 is 15.8 Å². The maximum atomic E-state index is 11.9. The second-order valence-corrected chi connectivity index (χ2v) is 5.12. The molecule has 4 nitrogen and oxygen atoms in total. The minimum absolute atomic E-state index is 0.116. The third-order valence-electron chi connectivity index (χ3n) is 3.75. The van der Waals surface area contributed by atoms with Crippen molar-refractivity contribution in [3.05, 3.63) is 35.9 Å². The molecule has 1 aliphatic rings. The molecule has 0 aromatic heterocycles. The van der Waals surface area contributed by atoms with E-state index in [4.69, 9.17) is 10.5 Å². The molecule has 0 spiro atoms. The van der Waals surface area contributed by atoms with E-state index in [-0.39, 0.29) is 18.6 Å². The first-order chi connectivity index (χ1) is 9.22. The van der Waals surface area contributed by atoms with E-state index in [2.05, 4.69) is 17.4 Å². The molecule has 104 valence electrons. The van der Waals surface area contributed by atoms with Crippen molar-refractivity contribution in [2.45, 2.75) is 37.3 Å². The van der Waals surface area contributed by atoms with Crippen molar-refractivity contribution in [1.29, 1.82) is 0 Å². The van der Waals surface area contributed by atoms with Gasteiger partial charge >= 0.3 is 0 Å². The number of carbonyl (C=O) groups excluding carboxylic acids is 1. The monoisotopic (exact) mass is 262 g/mol. The molecule has 0 saturated heterocycles. The summed E-state index contributed by atoms with van der Waals surface area (Å²) in [4.78, 5) is 11.9. The molecular formula is C15H22N2O2. The van der Waals surface area contributed by atoms with E-state index in [1.54, 1.807) is 7.11 Å². The van der Waals surface area contributed by atoms with Crippen molar-refractivity contribution in [3.63, 3.8) is 0 Å². The Bertz CT molecular complexity index is 408. The number of amides is 1. The second kappa shape index (κ2) is 6.68. The van der Waals surface area contributed by atoms with Gasteiger partial charge in [-0.1, -0.05) is 36.8 Å². The molecule has 3 atom stereocenters. The fraction of sp³-hybridized carbons (Fsp3) is 0.533. The average Bonchev–Trinajstić information content (AvgIpc) is 2.88. The molecule has 19 heavy (non-hydrogen) atoms. The lowest BCUT2D eigenvalue weighted by Crippen LogP contribution is -2.48. The van der Waals surface area contributed by atoms with Gasteiger partial charge in [-0.25, -0.2) is 0 Å². The summed E-state index contributed by atoms with van der Waals surface area (Å²) in [5.74, 6) is 0.287. The molecule has 0 bridgehead atoms. The largest absolute Gasteiger partial charge is 0.383 e. The van der Waals surface area contributed by atoms with Crippen LogP contribution in [0.15, 0.2) is 30.3 Å². The third kappa shape index (κ3) is 3.55. The van der Waals surface area contributed by atoms with Crippen molar-refractivity contribution < 1.29 is 9.53 Å². The highest BCUT2D eigenvalue weighted by molar-refractivity contribution is 5.82. The Labute approximate surface area is 114 Å². The lowest BCUT2D eigenvalue weighted by atomic mass is 9.94. The number of nitrogens with one attached hydrogen (secondary N) is 1. The topological polar surface area (TPSA) is 64.3 Å². The van der Waals surface area contributed by atoms with Crippen molar-refractivity contribution in [1.82, 2.24) is 5.32 Å². The standard InChI is InChI=1S/C15H22N2O2/c1-19-10-13(16)15(18)17-14-9-5-8-12(14)11-6-3-2-4-7-11/h2-4,6-7,12-14H,5,8-10,16H2,1H3,(H,17,18). The van der Waals surface area contributed by atoms with Crippen molar-refractivity contribution in [2.75, 3.05) is 13.7 Å². The van der Waals surface area contributed by atoms with E-state index < -0.39 is 6.04 Å². The van der Waals surface area contributed by atoms with Gasteiger partial charge in [0, 0.05) is 19.1 Å². The molecule has 1 amide bonds. The highest BCUT2D eigenvalue weighted by Gasteiger charge is 2.30. The Morgan fingerprint density at radius 1 is 1.42 bits per heavy atom.